The van der Waals surface area contributed by atoms with Crippen LogP contribution in [0.4, 0.5) is 5.82 Å². The Morgan fingerprint density at radius 3 is 2.78 bits per heavy atom. The molecule has 1 N–H and O–H groups in total. The summed E-state index contributed by atoms with van der Waals surface area (Å²) in [5.74, 6) is 0.329. The zero-order chi connectivity index (χ0) is 16.5. The number of anilines is 1. The molecule has 0 aliphatic carbocycles. The lowest BCUT2D eigenvalue weighted by atomic mass is 10.3. The molecule has 0 fully saturated rings. The molecule has 23 heavy (non-hydrogen) atoms. The van der Waals surface area contributed by atoms with E-state index in [0.29, 0.717) is 12.4 Å². The maximum atomic E-state index is 11.8. The second-order valence-electron chi connectivity index (χ2n) is 4.57. The Labute approximate surface area is 133 Å². The van der Waals surface area contributed by atoms with Crippen molar-refractivity contribution in [3.8, 4) is 5.75 Å². The molecule has 8 nitrogen and oxygen atoms in total. The van der Waals surface area contributed by atoms with Gasteiger partial charge in [0.1, 0.15) is 12.3 Å². The lowest BCUT2D eigenvalue weighted by molar-refractivity contribution is -0.144. The smallest absolute Gasteiger partial charge is 0.327 e. The highest BCUT2D eigenvalue weighted by Crippen LogP contribution is 2.08. The maximum absolute atomic E-state index is 11.8. The molecular weight excluding hydrogens is 300 g/mol. The summed E-state index contributed by atoms with van der Waals surface area (Å²) in [6.45, 7) is 2.24. The van der Waals surface area contributed by atoms with Gasteiger partial charge in [-0.05, 0) is 19.1 Å². The average Bonchev–Trinajstić information content (AvgIpc) is 2.95. The third kappa shape index (κ3) is 5.77. The molecular formula is C15H18N4O4. The van der Waals surface area contributed by atoms with Gasteiger partial charge in [0, 0.05) is 0 Å². The highest BCUT2D eigenvalue weighted by atomic mass is 16.5. The number of hydrogen-bond acceptors (Lipinski definition) is 6. The molecule has 0 saturated heterocycles. The van der Waals surface area contributed by atoms with E-state index in [2.05, 4.69) is 15.6 Å². The number of esters is 1. The number of aromatic nitrogens is 3. The molecule has 1 aromatic carbocycles. The molecule has 8 heteroatoms. The van der Waals surface area contributed by atoms with Crippen molar-refractivity contribution in [3.05, 3.63) is 36.5 Å². The van der Waals surface area contributed by atoms with Crippen molar-refractivity contribution in [2.24, 2.45) is 0 Å². The van der Waals surface area contributed by atoms with Crippen LogP contribution in [0.2, 0.25) is 0 Å². The van der Waals surface area contributed by atoms with E-state index < -0.39 is 5.97 Å². The predicted molar refractivity (Wildman–Crippen MR) is 81.8 cm³/mol. The van der Waals surface area contributed by atoms with E-state index in [-0.39, 0.29) is 31.3 Å². The van der Waals surface area contributed by atoms with E-state index in [1.165, 1.54) is 10.9 Å². The molecule has 0 aliphatic heterocycles. The molecule has 122 valence electrons. The molecule has 0 aliphatic rings. The van der Waals surface area contributed by atoms with Gasteiger partial charge < -0.3 is 14.8 Å². The number of carbonyl (C=O) groups excluding carboxylic acids is 2. The summed E-state index contributed by atoms with van der Waals surface area (Å²) in [5, 5.41) is 10.1. The molecule has 0 unspecified atom stereocenters. The summed E-state index contributed by atoms with van der Waals surface area (Å²) in [6.07, 6.45) is 1.65. The molecule has 2 rings (SSSR count). The number of rotatable bonds is 8. The van der Waals surface area contributed by atoms with Crippen LogP contribution in [-0.2, 0) is 20.9 Å². The molecule has 0 bridgehead atoms. The fourth-order valence-electron chi connectivity index (χ4n) is 1.76. The van der Waals surface area contributed by atoms with E-state index in [1.807, 2.05) is 30.3 Å². The molecule has 1 aromatic heterocycles. The highest BCUT2D eigenvalue weighted by Gasteiger charge is 2.09. The summed E-state index contributed by atoms with van der Waals surface area (Å²) < 4.78 is 11.5. The maximum Gasteiger partial charge on any atom is 0.327 e. The summed E-state index contributed by atoms with van der Waals surface area (Å²) in [7, 11) is 0. The van der Waals surface area contributed by atoms with Crippen LogP contribution >= 0.6 is 0 Å². The fraction of sp³-hybridized carbons (Fsp3) is 0.333. The minimum Gasteiger partial charge on any atom is -0.493 e. The van der Waals surface area contributed by atoms with Gasteiger partial charge in [-0.3, -0.25) is 9.59 Å². The number of ether oxygens (including phenoxy) is 2. The molecule has 0 spiro atoms. The van der Waals surface area contributed by atoms with E-state index in [9.17, 15) is 9.59 Å². The molecule has 0 radical (unpaired) electrons. The predicted octanol–water partition coefficient (Wildman–Crippen LogP) is 1.25. The highest BCUT2D eigenvalue weighted by molar-refractivity contribution is 5.89. The lowest BCUT2D eigenvalue weighted by Gasteiger charge is -2.05. The number of amides is 1. The Kier molecular flexibility index (Phi) is 6.10. The minimum absolute atomic E-state index is 0.0478. The number of hydrogen-bond donors (Lipinski definition) is 1. The number of benzene rings is 1. The second-order valence-corrected chi connectivity index (χ2v) is 4.57. The molecule has 0 saturated carbocycles. The summed E-state index contributed by atoms with van der Waals surface area (Å²) in [6, 6.07) is 9.24. The van der Waals surface area contributed by atoms with Crippen molar-refractivity contribution in [1.29, 1.82) is 0 Å². The van der Waals surface area contributed by atoms with Crippen LogP contribution in [0.25, 0.3) is 0 Å². The molecule has 0 atom stereocenters. The number of carbonyl (C=O) groups is 2. The van der Waals surface area contributed by atoms with Gasteiger partial charge in [-0.1, -0.05) is 23.4 Å². The average molecular weight is 318 g/mol. The van der Waals surface area contributed by atoms with E-state index in [0.717, 1.165) is 0 Å². The van der Waals surface area contributed by atoms with E-state index in [1.54, 1.807) is 6.92 Å². The van der Waals surface area contributed by atoms with Crippen LogP contribution in [0.15, 0.2) is 36.5 Å². The van der Waals surface area contributed by atoms with Gasteiger partial charge >= 0.3 is 5.97 Å². The van der Waals surface area contributed by atoms with Gasteiger partial charge in [0.15, 0.2) is 5.82 Å². The Balaban J connectivity index is 1.73. The Morgan fingerprint density at radius 1 is 1.26 bits per heavy atom. The SMILES string of the molecule is CCOC(=O)Cn1cc(NC(=O)CCOc2ccccc2)nn1. The number of nitrogens with one attached hydrogen (secondary N) is 1. The van der Waals surface area contributed by atoms with Crippen molar-refractivity contribution in [1.82, 2.24) is 15.0 Å². The largest absolute Gasteiger partial charge is 0.493 e. The molecule has 1 heterocycles. The Bertz CT molecular complexity index is 642. The van der Waals surface area contributed by atoms with Crippen molar-refractivity contribution in [2.45, 2.75) is 19.9 Å². The Hall–Kier alpha value is -2.90. The lowest BCUT2D eigenvalue weighted by Crippen LogP contribution is -2.15. The quantitative estimate of drug-likeness (QED) is 0.736. The third-order valence-corrected chi connectivity index (χ3v) is 2.74. The van der Waals surface area contributed by atoms with Gasteiger partial charge in [-0.15, -0.1) is 5.10 Å². The van der Waals surface area contributed by atoms with Crippen molar-refractivity contribution >= 4 is 17.7 Å². The van der Waals surface area contributed by atoms with Crippen LogP contribution in [0, 0.1) is 0 Å². The monoisotopic (exact) mass is 318 g/mol. The van der Waals surface area contributed by atoms with Gasteiger partial charge in [0.05, 0.1) is 25.8 Å². The van der Waals surface area contributed by atoms with E-state index in [4.69, 9.17) is 9.47 Å². The zero-order valence-corrected chi connectivity index (χ0v) is 12.8. The van der Waals surface area contributed by atoms with Gasteiger partial charge in [0.25, 0.3) is 0 Å². The molecule has 2 aromatic rings. The fourth-order valence-corrected chi connectivity index (χ4v) is 1.76. The van der Waals surface area contributed by atoms with Gasteiger partial charge in [0.2, 0.25) is 5.91 Å². The van der Waals surface area contributed by atoms with Crippen LogP contribution in [0.1, 0.15) is 13.3 Å². The summed E-state index contributed by atoms with van der Waals surface area (Å²) in [5.41, 5.74) is 0. The van der Waals surface area contributed by atoms with Crippen LogP contribution in [0.5, 0.6) is 5.75 Å². The molecule has 1 amide bonds. The normalized spacial score (nSPS) is 10.1. The topological polar surface area (TPSA) is 95.3 Å². The van der Waals surface area contributed by atoms with Gasteiger partial charge in [-0.25, -0.2) is 4.68 Å². The summed E-state index contributed by atoms with van der Waals surface area (Å²) in [4.78, 5) is 23.1. The van der Waals surface area contributed by atoms with Crippen LogP contribution in [-0.4, -0.2) is 40.1 Å². The van der Waals surface area contributed by atoms with E-state index >= 15 is 0 Å². The number of nitrogens with zero attached hydrogens (tertiary/aromatic N) is 3. The minimum atomic E-state index is -0.411. The van der Waals surface area contributed by atoms with Crippen molar-refractivity contribution in [2.75, 3.05) is 18.5 Å². The standard InChI is InChI=1S/C15H18N4O4/c1-2-22-15(21)11-19-10-13(17-18-19)16-14(20)8-9-23-12-6-4-3-5-7-12/h3-7,10H,2,8-9,11H2,1H3,(H,16,20). The van der Waals surface area contributed by atoms with Crippen molar-refractivity contribution in [3.63, 3.8) is 0 Å². The second kappa shape index (κ2) is 8.52. The van der Waals surface area contributed by atoms with Crippen molar-refractivity contribution < 1.29 is 19.1 Å². The number of para-hydroxylation sites is 1. The Morgan fingerprint density at radius 2 is 2.04 bits per heavy atom. The van der Waals surface area contributed by atoms with Gasteiger partial charge in [-0.2, -0.15) is 0 Å². The first-order valence-corrected chi connectivity index (χ1v) is 7.21. The third-order valence-electron chi connectivity index (χ3n) is 2.74. The first-order chi connectivity index (χ1) is 11.2. The van der Waals surface area contributed by atoms with Crippen LogP contribution in [0.3, 0.4) is 0 Å². The first-order valence-electron chi connectivity index (χ1n) is 7.21. The summed E-state index contributed by atoms with van der Waals surface area (Å²) >= 11 is 0. The van der Waals surface area contributed by atoms with Crippen LogP contribution < -0.4 is 10.1 Å². The zero-order valence-electron chi connectivity index (χ0n) is 12.8. The first kappa shape index (κ1) is 16.5.